The molecule has 2 unspecified atom stereocenters. The van der Waals surface area contributed by atoms with E-state index in [0.29, 0.717) is 22.7 Å². The number of hydrogen-bond acceptors (Lipinski definition) is 7. The minimum Gasteiger partial charge on any atom is -0.489 e. The number of thioether (sulfide) groups is 1. The van der Waals surface area contributed by atoms with E-state index >= 15 is 0 Å². The molecule has 1 N–H and O–H groups in total. The molecular weight excluding hydrogens is 398 g/mol. The zero-order chi connectivity index (χ0) is 20.7. The average Bonchev–Trinajstić information content (AvgIpc) is 2.69. The van der Waals surface area contributed by atoms with Crippen LogP contribution in [-0.4, -0.2) is 51.8 Å². The van der Waals surface area contributed by atoms with E-state index in [1.807, 2.05) is 13.8 Å². The Morgan fingerprint density at radius 2 is 2.07 bits per heavy atom. The van der Waals surface area contributed by atoms with E-state index in [4.69, 9.17) is 13.9 Å². The first-order valence-corrected chi connectivity index (χ1v) is 10.1. The summed E-state index contributed by atoms with van der Waals surface area (Å²) in [6, 6.07) is 8.03. The van der Waals surface area contributed by atoms with Crippen molar-refractivity contribution in [1.82, 2.24) is 4.90 Å². The fourth-order valence-corrected chi connectivity index (χ4v) is 4.65. The van der Waals surface area contributed by atoms with Crippen molar-refractivity contribution < 1.29 is 28.6 Å². The van der Waals surface area contributed by atoms with Gasteiger partial charge in [0.1, 0.15) is 29.0 Å². The van der Waals surface area contributed by atoms with E-state index in [-0.39, 0.29) is 29.7 Å². The van der Waals surface area contributed by atoms with E-state index in [2.05, 4.69) is 0 Å². The van der Waals surface area contributed by atoms with Crippen molar-refractivity contribution in [3.8, 4) is 5.75 Å². The quantitative estimate of drug-likeness (QED) is 0.563. The Balaban J connectivity index is 1.55. The molecule has 1 saturated heterocycles. The summed E-state index contributed by atoms with van der Waals surface area (Å²) in [5.41, 5.74) is 0.376. The molecule has 0 bridgehead atoms. The van der Waals surface area contributed by atoms with E-state index in [1.54, 1.807) is 24.3 Å². The number of nitrogens with zero attached hydrogens (tertiary/aromatic N) is 1. The van der Waals surface area contributed by atoms with E-state index in [9.17, 15) is 19.5 Å². The molecule has 1 amide bonds. The third-order valence-corrected chi connectivity index (χ3v) is 5.94. The van der Waals surface area contributed by atoms with E-state index < -0.39 is 17.7 Å². The Morgan fingerprint density at radius 1 is 1.31 bits per heavy atom. The van der Waals surface area contributed by atoms with Gasteiger partial charge >= 0.3 is 11.6 Å². The first-order valence-electron chi connectivity index (χ1n) is 9.07. The maximum atomic E-state index is 12.5. The Hall–Kier alpha value is -2.78. The highest BCUT2D eigenvalue weighted by Gasteiger charge is 2.54. The third kappa shape index (κ3) is 3.63. The summed E-state index contributed by atoms with van der Waals surface area (Å²) in [6.07, 6.45) is -0.748. The zero-order valence-electron chi connectivity index (χ0n) is 15.8. The zero-order valence-corrected chi connectivity index (χ0v) is 16.6. The monoisotopic (exact) mass is 417 g/mol. The molecule has 1 aromatic heterocycles. The molecule has 152 valence electrons. The third-order valence-electron chi connectivity index (χ3n) is 4.63. The van der Waals surface area contributed by atoms with Crippen molar-refractivity contribution in [1.29, 1.82) is 0 Å². The van der Waals surface area contributed by atoms with Crippen LogP contribution < -0.4 is 10.4 Å². The number of ether oxygens (including phenoxy) is 2. The lowest BCUT2D eigenvalue weighted by molar-refractivity contribution is -0.169. The van der Waals surface area contributed by atoms with Crippen LogP contribution in [0.15, 0.2) is 50.8 Å². The molecule has 2 atom stereocenters. The van der Waals surface area contributed by atoms with Crippen molar-refractivity contribution in [3.05, 3.63) is 52.0 Å². The Bertz CT molecular complexity index is 1070. The van der Waals surface area contributed by atoms with Crippen LogP contribution in [0.25, 0.3) is 11.0 Å². The number of aliphatic carboxylic acids is 1. The van der Waals surface area contributed by atoms with Crippen molar-refractivity contribution >= 4 is 34.6 Å². The molecule has 0 radical (unpaired) electrons. The van der Waals surface area contributed by atoms with Gasteiger partial charge in [-0.05, 0) is 32.0 Å². The van der Waals surface area contributed by atoms with Crippen molar-refractivity contribution in [2.45, 2.75) is 31.4 Å². The van der Waals surface area contributed by atoms with Crippen molar-refractivity contribution in [2.75, 3.05) is 12.4 Å². The molecule has 0 saturated carbocycles. The lowest BCUT2D eigenvalue weighted by Crippen LogP contribution is -2.66. The molecule has 0 spiro atoms. The fourth-order valence-electron chi connectivity index (χ4n) is 3.35. The predicted octanol–water partition coefficient (Wildman–Crippen LogP) is 2.22. The SMILES string of the molecule is CC(C)OC1C(=O)N2C(C(=O)O)=C(COc3ccc4ccc(=O)oc4c3)CSC12. The molecule has 8 nitrogen and oxygen atoms in total. The van der Waals surface area contributed by atoms with Gasteiger partial charge in [0.2, 0.25) is 0 Å². The van der Waals surface area contributed by atoms with Gasteiger partial charge in [-0.3, -0.25) is 9.69 Å². The van der Waals surface area contributed by atoms with Gasteiger partial charge in [-0.1, -0.05) is 0 Å². The standard InChI is InChI=1S/C20H19NO7S/c1-10(2)27-17-18(23)21-16(20(24)25)12(9-29-19(17)21)8-26-13-5-3-11-4-6-15(22)28-14(11)7-13/h3-7,10,17,19H,8-9H2,1-2H3,(H,24,25). The minimum absolute atomic E-state index is 0.00338. The Kier molecular flexibility index (Phi) is 5.10. The lowest BCUT2D eigenvalue weighted by atomic mass is 10.1. The highest BCUT2D eigenvalue weighted by molar-refractivity contribution is 8.00. The van der Waals surface area contributed by atoms with Gasteiger partial charge in [0, 0.05) is 28.8 Å². The number of amides is 1. The summed E-state index contributed by atoms with van der Waals surface area (Å²) in [7, 11) is 0. The van der Waals surface area contributed by atoms with Crippen LogP contribution in [0.3, 0.4) is 0 Å². The minimum atomic E-state index is -1.17. The maximum absolute atomic E-state index is 12.5. The summed E-state index contributed by atoms with van der Waals surface area (Å²) in [6.45, 7) is 3.67. The largest absolute Gasteiger partial charge is 0.489 e. The molecule has 4 rings (SSSR count). The summed E-state index contributed by atoms with van der Waals surface area (Å²) in [5, 5.41) is 10.1. The van der Waals surface area contributed by atoms with E-state index in [0.717, 1.165) is 5.39 Å². The van der Waals surface area contributed by atoms with Gasteiger partial charge in [-0.15, -0.1) is 11.8 Å². The molecule has 9 heteroatoms. The van der Waals surface area contributed by atoms with Crippen molar-refractivity contribution in [2.24, 2.45) is 0 Å². The molecule has 1 aromatic carbocycles. The molecule has 2 aromatic rings. The summed E-state index contributed by atoms with van der Waals surface area (Å²) in [4.78, 5) is 37.0. The van der Waals surface area contributed by atoms with Crippen LogP contribution in [0.1, 0.15) is 13.8 Å². The number of carbonyl (C=O) groups is 2. The van der Waals surface area contributed by atoms with Crippen LogP contribution in [0, 0.1) is 0 Å². The first-order chi connectivity index (χ1) is 13.8. The first kappa shape index (κ1) is 19.5. The predicted molar refractivity (Wildman–Crippen MR) is 106 cm³/mol. The smallest absolute Gasteiger partial charge is 0.352 e. The number of rotatable bonds is 6. The van der Waals surface area contributed by atoms with E-state index in [1.165, 1.54) is 22.7 Å². The van der Waals surface area contributed by atoms with Crippen LogP contribution in [0.4, 0.5) is 0 Å². The number of carboxylic acids is 1. The molecular formula is C20H19NO7S. The topological polar surface area (TPSA) is 106 Å². The van der Waals surface area contributed by atoms with Gasteiger partial charge in [0.25, 0.3) is 5.91 Å². The fraction of sp³-hybridized carbons (Fsp3) is 0.350. The molecule has 0 aliphatic carbocycles. The van der Waals surface area contributed by atoms with Gasteiger partial charge < -0.3 is 19.0 Å². The van der Waals surface area contributed by atoms with Crippen LogP contribution in [0.2, 0.25) is 0 Å². The molecule has 2 aliphatic rings. The average molecular weight is 417 g/mol. The maximum Gasteiger partial charge on any atom is 0.352 e. The van der Waals surface area contributed by atoms with Crippen molar-refractivity contribution in [3.63, 3.8) is 0 Å². The second-order valence-corrected chi connectivity index (χ2v) is 8.12. The molecule has 29 heavy (non-hydrogen) atoms. The van der Waals surface area contributed by atoms with Gasteiger partial charge in [0.15, 0.2) is 6.10 Å². The molecule has 2 aliphatic heterocycles. The summed E-state index contributed by atoms with van der Waals surface area (Å²) < 4.78 is 16.5. The highest BCUT2D eigenvalue weighted by Crippen LogP contribution is 2.42. The van der Waals surface area contributed by atoms with Gasteiger partial charge in [0.05, 0.1) is 6.10 Å². The number of fused-ring (bicyclic) bond motifs is 2. The van der Waals surface area contributed by atoms with Gasteiger partial charge in [-0.2, -0.15) is 0 Å². The number of β-lactam (4-membered cyclic amide) rings is 1. The lowest BCUT2D eigenvalue weighted by Gasteiger charge is -2.49. The number of carboxylic acid groups (broad SMARTS) is 1. The van der Waals surface area contributed by atoms with Crippen LogP contribution in [0.5, 0.6) is 5.75 Å². The number of carbonyl (C=O) groups excluding carboxylic acids is 1. The molecule has 3 heterocycles. The normalized spacial score (nSPS) is 21.3. The molecule has 1 fully saturated rings. The second-order valence-electron chi connectivity index (χ2n) is 7.02. The number of hydrogen-bond donors (Lipinski definition) is 1. The van der Waals surface area contributed by atoms with Gasteiger partial charge in [-0.25, -0.2) is 9.59 Å². The number of benzene rings is 1. The second kappa shape index (κ2) is 7.57. The van der Waals surface area contributed by atoms with Crippen LogP contribution >= 0.6 is 11.8 Å². The summed E-state index contributed by atoms with van der Waals surface area (Å²) >= 11 is 1.45. The highest BCUT2D eigenvalue weighted by atomic mass is 32.2. The Labute approximate surface area is 170 Å². The van der Waals surface area contributed by atoms with Crippen LogP contribution in [-0.2, 0) is 14.3 Å². The Morgan fingerprint density at radius 3 is 2.79 bits per heavy atom. The summed E-state index contributed by atoms with van der Waals surface area (Å²) in [5.74, 6) is -0.670.